The second kappa shape index (κ2) is 16.5. The molecule has 222 valence electrons. The zero-order valence-electron chi connectivity index (χ0n) is 24.2. The molecule has 0 bridgehead atoms. The second-order valence-corrected chi connectivity index (χ2v) is 10.0. The molecule has 10 heteroatoms. The minimum atomic E-state index is -0.0000926. The van der Waals surface area contributed by atoms with Crippen LogP contribution in [0.4, 0.5) is 0 Å². The number of pyridine rings is 1. The molecule has 5 rings (SSSR count). The predicted molar refractivity (Wildman–Crippen MR) is 162 cm³/mol. The fourth-order valence-electron chi connectivity index (χ4n) is 4.84. The Kier molecular flexibility index (Phi) is 12.5. The van der Waals surface area contributed by atoms with Crippen LogP contribution in [0.2, 0.25) is 0 Å². The number of H-pyrrole nitrogens is 1. The number of hydrogen-bond acceptors (Lipinski definition) is 6. The molecular formula is C32H39N5O5. The van der Waals surface area contributed by atoms with E-state index in [0.717, 1.165) is 53.2 Å². The number of ether oxygens (including phenoxy) is 2. The Balaban J connectivity index is 0.000000239. The van der Waals surface area contributed by atoms with E-state index in [1.54, 1.807) is 19.5 Å². The van der Waals surface area contributed by atoms with Crippen molar-refractivity contribution >= 4 is 29.6 Å². The Morgan fingerprint density at radius 3 is 2.48 bits per heavy atom. The summed E-state index contributed by atoms with van der Waals surface area (Å²) in [7, 11) is 1.72. The Morgan fingerprint density at radius 1 is 1.14 bits per heavy atom. The highest BCUT2D eigenvalue weighted by Crippen LogP contribution is 2.25. The van der Waals surface area contributed by atoms with Crippen LogP contribution in [0, 0.1) is 5.92 Å². The van der Waals surface area contributed by atoms with E-state index in [9.17, 15) is 9.59 Å². The summed E-state index contributed by atoms with van der Waals surface area (Å²) in [5.41, 5.74) is 7.20. The fourth-order valence-corrected chi connectivity index (χ4v) is 4.84. The van der Waals surface area contributed by atoms with Gasteiger partial charge in [-0.3, -0.25) is 19.4 Å². The van der Waals surface area contributed by atoms with Crippen molar-refractivity contribution in [2.24, 2.45) is 11.7 Å². The lowest BCUT2D eigenvalue weighted by Crippen LogP contribution is -2.35. The number of methoxy groups -OCH3 is 1. The smallest absolute Gasteiger partial charge is 0.227 e. The minimum absolute atomic E-state index is 0.0000926. The molecule has 4 aromatic rings. The number of fused-ring (bicyclic) bond motifs is 1. The van der Waals surface area contributed by atoms with Crippen LogP contribution in [0.1, 0.15) is 37.6 Å². The summed E-state index contributed by atoms with van der Waals surface area (Å²) in [6, 6.07) is 21.6. The first-order valence-electron chi connectivity index (χ1n) is 13.8. The normalized spacial score (nSPS) is 16.3. The average molecular weight is 574 g/mol. The first-order chi connectivity index (χ1) is 20.4. The van der Waals surface area contributed by atoms with Gasteiger partial charge in [-0.15, -0.1) is 0 Å². The highest BCUT2D eigenvalue weighted by molar-refractivity contribution is 5.80. The standard InChI is InChI=1S/C21H25NO3.C10H11N3O.CH3NO/c1-16-12-18(15-24-2)14-22(16)21(23)13-17-8-10-20(11-9-17)25-19-6-4-3-5-7-19;1-7(12-6-14)10-4-8-5-11-3-2-9(8)13-10;2-1-3/h3-11,16,18H,12-15H2,1-2H3;2-7,13H,1H3,(H,12,14);1H,(H2,2,3)/t;7-;/m.1./s1. The van der Waals surface area contributed by atoms with Gasteiger partial charge in [0.1, 0.15) is 11.5 Å². The first-order valence-corrected chi connectivity index (χ1v) is 13.8. The molecule has 0 spiro atoms. The topological polar surface area (TPSA) is 140 Å². The molecule has 0 aliphatic carbocycles. The summed E-state index contributed by atoms with van der Waals surface area (Å²) in [5, 5.41) is 3.75. The maximum absolute atomic E-state index is 12.6. The number of nitrogens with two attached hydrogens (primary N) is 1. The highest BCUT2D eigenvalue weighted by Gasteiger charge is 2.32. The zero-order valence-corrected chi connectivity index (χ0v) is 24.2. The molecule has 2 aromatic heterocycles. The van der Waals surface area contributed by atoms with E-state index in [4.69, 9.17) is 14.3 Å². The van der Waals surface area contributed by atoms with E-state index >= 15 is 0 Å². The Bertz CT molecular complexity index is 1360. The first kappa shape index (κ1) is 31.8. The van der Waals surface area contributed by atoms with Crippen molar-refractivity contribution in [1.29, 1.82) is 0 Å². The van der Waals surface area contributed by atoms with Crippen LogP contribution < -0.4 is 15.8 Å². The third kappa shape index (κ3) is 9.45. The molecule has 0 radical (unpaired) electrons. The number of carbonyl (C=O) groups is 3. The van der Waals surface area contributed by atoms with E-state index in [1.807, 2.05) is 78.6 Å². The minimum Gasteiger partial charge on any atom is -0.457 e. The number of likely N-dealkylation sites (tertiary alicyclic amines) is 1. The van der Waals surface area contributed by atoms with Gasteiger partial charge in [-0.1, -0.05) is 30.3 Å². The van der Waals surface area contributed by atoms with Crippen LogP contribution in [-0.4, -0.2) is 59.9 Å². The van der Waals surface area contributed by atoms with Gasteiger partial charge in [0.25, 0.3) is 0 Å². The van der Waals surface area contributed by atoms with Crippen molar-refractivity contribution in [2.45, 2.75) is 38.8 Å². The SMILES string of the molecule is COCC1CC(C)N(C(=O)Cc2ccc(Oc3ccccc3)cc2)C1.C[C@@H](NC=O)c1cc2cnccc2[nH]1.NC=O. The summed E-state index contributed by atoms with van der Waals surface area (Å²) < 4.78 is 11.0. The lowest BCUT2D eigenvalue weighted by atomic mass is 10.1. The molecule has 1 aliphatic heterocycles. The Hall–Kier alpha value is -4.70. The van der Waals surface area contributed by atoms with Crippen LogP contribution >= 0.6 is 0 Å². The van der Waals surface area contributed by atoms with Crippen LogP contribution in [0.25, 0.3) is 10.9 Å². The third-order valence-electron chi connectivity index (χ3n) is 6.87. The van der Waals surface area contributed by atoms with Gasteiger partial charge in [0.15, 0.2) is 0 Å². The number of nitrogens with zero attached hydrogens (tertiary/aromatic N) is 2. The monoisotopic (exact) mass is 573 g/mol. The molecule has 4 N–H and O–H groups in total. The molecule has 10 nitrogen and oxygen atoms in total. The van der Waals surface area contributed by atoms with Crippen molar-refractivity contribution in [3.05, 3.63) is 90.4 Å². The molecule has 1 fully saturated rings. The van der Waals surface area contributed by atoms with Crippen LogP contribution in [0.3, 0.4) is 0 Å². The van der Waals surface area contributed by atoms with Gasteiger partial charge in [0.2, 0.25) is 18.7 Å². The number of amides is 3. The maximum atomic E-state index is 12.6. The Morgan fingerprint density at radius 2 is 1.83 bits per heavy atom. The lowest BCUT2D eigenvalue weighted by Gasteiger charge is -2.21. The number of carbonyl (C=O) groups excluding carboxylic acids is 3. The van der Waals surface area contributed by atoms with Crippen LogP contribution in [0.5, 0.6) is 11.5 Å². The third-order valence-corrected chi connectivity index (χ3v) is 6.87. The quantitative estimate of drug-likeness (QED) is 0.254. The van der Waals surface area contributed by atoms with Gasteiger partial charge in [0.05, 0.1) is 19.1 Å². The van der Waals surface area contributed by atoms with Crippen molar-refractivity contribution in [3.8, 4) is 11.5 Å². The molecule has 2 unspecified atom stereocenters. The summed E-state index contributed by atoms with van der Waals surface area (Å²) in [5.74, 6) is 2.21. The number of para-hydroxylation sites is 1. The number of rotatable bonds is 9. The Labute approximate surface area is 246 Å². The van der Waals surface area contributed by atoms with Gasteiger partial charge >= 0.3 is 0 Å². The number of hydrogen-bond donors (Lipinski definition) is 3. The second-order valence-electron chi connectivity index (χ2n) is 10.0. The van der Waals surface area contributed by atoms with Crippen molar-refractivity contribution in [3.63, 3.8) is 0 Å². The average Bonchev–Trinajstić information content (AvgIpc) is 3.59. The summed E-state index contributed by atoms with van der Waals surface area (Å²) in [4.78, 5) is 40.7. The molecule has 3 amide bonds. The summed E-state index contributed by atoms with van der Waals surface area (Å²) in [6.45, 7) is 5.56. The van der Waals surface area contributed by atoms with Gasteiger partial charge in [-0.05, 0) is 62.2 Å². The number of primary amides is 1. The number of aromatic nitrogens is 2. The van der Waals surface area contributed by atoms with Crippen molar-refractivity contribution in [1.82, 2.24) is 20.2 Å². The largest absolute Gasteiger partial charge is 0.457 e. The lowest BCUT2D eigenvalue weighted by molar-refractivity contribution is -0.131. The molecule has 3 atom stereocenters. The number of aromatic amines is 1. The van der Waals surface area contributed by atoms with Gasteiger partial charge in [0, 0.05) is 54.6 Å². The van der Waals surface area contributed by atoms with E-state index in [-0.39, 0.29) is 24.4 Å². The molecule has 2 aromatic carbocycles. The van der Waals surface area contributed by atoms with Crippen LogP contribution in [0.15, 0.2) is 79.1 Å². The summed E-state index contributed by atoms with van der Waals surface area (Å²) in [6.07, 6.45) is 5.93. The van der Waals surface area contributed by atoms with Crippen molar-refractivity contribution < 1.29 is 23.9 Å². The number of nitrogens with one attached hydrogen (secondary N) is 2. The van der Waals surface area contributed by atoms with Gasteiger partial charge in [-0.25, -0.2) is 0 Å². The van der Waals surface area contributed by atoms with Crippen molar-refractivity contribution in [2.75, 3.05) is 20.3 Å². The number of benzene rings is 2. The van der Waals surface area contributed by atoms with Crippen LogP contribution in [-0.2, 0) is 25.5 Å². The van der Waals surface area contributed by atoms with Gasteiger partial charge < -0.3 is 30.4 Å². The maximum Gasteiger partial charge on any atom is 0.227 e. The predicted octanol–water partition coefficient (Wildman–Crippen LogP) is 4.38. The van der Waals surface area contributed by atoms with E-state index < -0.39 is 0 Å². The van der Waals surface area contributed by atoms with E-state index in [2.05, 4.69) is 27.9 Å². The zero-order chi connectivity index (χ0) is 30.3. The molecule has 1 saturated heterocycles. The summed E-state index contributed by atoms with van der Waals surface area (Å²) >= 11 is 0. The molecule has 42 heavy (non-hydrogen) atoms. The molecule has 1 aliphatic rings. The highest BCUT2D eigenvalue weighted by atomic mass is 16.5. The van der Waals surface area contributed by atoms with E-state index in [1.165, 1.54) is 0 Å². The molecule has 3 heterocycles. The molecular weight excluding hydrogens is 534 g/mol. The van der Waals surface area contributed by atoms with Gasteiger partial charge in [-0.2, -0.15) is 0 Å². The fraction of sp³-hybridized carbons (Fsp3) is 0.312. The molecule has 0 saturated carbocycles. The van der Waals surface area contributed by atoms with E-state index in [0.29, 0.717) is 18.7 Å².